The topological polar surface area (TPSA) is 136 Å². The summed E-state index contributed by atoms with van der Waals surface area (Å²) < 4.78 is 42.1. The lowest BCUT2D eigenvalue weighted by atomic mass is 9.98. The van der Waals surface area contributed by atoms with E-state index in [9.17, 15) is 28.0 Å². The van der Waals surface area contributed by atoms with Crippen molar-refractivity contribution in [2.75, 3.05) is 0 Å². The van der Waals surface area contributed by atoms with Crippen molar-refractivity contribution in [2.45, 2.75) is 95.9 Å². The molecule has 1 aliphatic rings. The van der Waals surface area contributed by atoms with Crippen molar-refractivity contribution >= 4 is 16.4 Å². The second kappa shape index (κ2) is 12.3. The molecule has 0 aromatic carbocycles. The number of carboxylic acid groups (broad SMARTS) is 1. The number of hydrogen-bond donors (Lipinski definition) is 1. The number of hydrogen-bond acceptors (Lipinski definition) is 8. The third-order valence-corrected chi connectivity index (χ3v) is 5.03. The molecule has 1 N–H and O–H groups in total. The summed E-state index contributed by atoms with van der Waals surface area (Å²) in [4.78, 5) is 10.9. The maximum Gasteiger partial charge on any atom is 0.218 e. The van der Waals surface area contributed by atoms with E-state index in [0.717, 1.165) is 25.3 Å². The Hall–Kier alpha value is -1.16. The molecule has 0 spiro atoms. The highest BCUT2D eigenvalue weighted by Gasteiger charge is 2.36. The second-order valence-corrected chi connectivity index (χ2v) is 7.91. The predicted molar refractivity (Wildman–Crippen MR) is 95.0 cm³/mol. The number of ether oxygens (including phenoxy) is 1. The van der Waals surface area contributed by atoms with Gasteiger partial charge in [-0.1, -0.05) is 64.7 Å². The third-order valence-electron chi connectivity index (χ3n) is 4.58. The van der Waals surface area contributed by atoms with Crippen LogP contribution >= 0.6 is 0 Å². The van der Waals surface area contributed by atoms with Crippen LogP contribution in [0.25, 0.3) is 0 Å². The summed E-state index contributed by atoms with van der Waals surface area (Å²) >= 11 is 0. The Balaban J connectivity index is 2.38. The number of aliphatic carboxylic acids is 1. The fourth-order valence-electron chi connectivity index (χ4n) is 3.17. The molecular weight excluding hydrogens is 376 g/mol. The van der Waals surface area contributed by atoms with Crippen LogP contribution in [0.3, 0.4) is 0 Å². The Labute approximate surface area is 161 Å². The fourth-order valence-corrected chi connectivity index (χ4v) is 3.68. The van der Waals surface area contributed by atoms with E-state index >= 15 is 0 Å². The van der Waals surface area contributed by atoms with E-state index in [2.05, 4.69) is 11.1 Å². The Morgan fingerprint density at radius 2 is 1.63 bits per heavy atom. The van der Waals surface area contributed by atoms with Gasteiger partial charge in [-0.3, -0.25) is 4.18 Å². The highest BCUT2D eigenvalue weighted by molar-refractivity contribution is 7.80. The zero-order valence-electron chi connectivity index (χ0n) is 15.8. The Bertz CT molecular complexity index is 572. The van der Waals surface area contributed by atoms with Crippen LogP contribution in [0.15, 0.2) is 11.8 Å². The lowest BCUT2D eigenvalue weighted by Gasteiger charge is -2.35. The number of aliphatic hydroxyl groups is 1. The minimum absolute atomic E-state index is 0.262. The molecule has 27 heavy (non-hydrogen) atoms. The van der Waals surface area contributed by atoms with Crippen molar-refractivity contribution in [3.63, 3.8) is 0 Å². The van der Waals surface area contributed by atoms with Crippen LogP contribution in [0.4, 0.5) is 0 Å². The molecule has 1 unspecified atom stereocenters. The highest BCUT2D eigenvalue weighted by Crippen LogP contribution is 2.26. The van der Waals surface area contributed by atoms with E-state index in [-0.39, 0.29) is 6.42 Å². The molecule has 0 amide bonds. The molecule has 8 nitrogen and oxygen atoms in total. The van der Waals surface area contributed by atoms with Gasteiger partial charge in [-0.25, -0.2) is 8.42 Å². The van der Waals surface area contributed by atoms with Gasteiger partial charge in [-0.15, -0.1) is 0 Å². The van der Waals surface area contributed by atoms with Crippen LogP contribution in [0.1, 0.15) is 77.6 Å². The average Bonchev–Trinajstić information content (AvgIpc) is 2.57. The van der Waals surface area contributed by atoms with Gasteiger partial charge in [0.1, 0.15) is 30.0 Å². The van der Waals surface area contributed by atoms with Gasteiger partial charge in [-0.05, 0) is 18.9 Å². The largest absolute Gasteiger partial charge is 0.726 e. The number of carbonyl (C=O) groups excluding carboxylic acids is 1. The molecule has 0 saturated carbocycles. The standard InChI is InChI=1S/C18H32O8S/c1-2-3-4-5-6-7-8-9-10-11-12-15-17(26-27(22,23)24)14(19)13-16(25-15)18(20)21/h13-15,17,19H,2-12H2,1H3,(H,20,21)(H,22,23,24)/p-2/t14-,15+,17?/m1/s1. The van der Waals surface area contributed by atoms with Gasteiger partial charge in [0.2, 0.25) is 10.4 Å². The molecule has 9 heteroatoms. The summed E-state index contributed by atoms with van der Waals surface area (Å²) in [5.74, 6) is -2.20. The first-order chi connectivity index (χ1) is 12.7. The average molecular weight is 406 g/mol. The smallest absolute Gasteiger partial charge is 0.218 e. The van der Waals surface area contributed by atoms with Crippen LogP contribution in [0.5, 0.6) is 0 Å². The minimum Gasteiger partial charge on any atom is -0.726 e. The lowest BCUT2D eigenvalue weighted by Crippen LogP contribution is -2.47. The van der Waals surface area contributed by atoms with Crippen LogP contribution in [0.2, 0.25) is 0 Å². The molecule has 158 valence electrons. The van der Waals surface area contributed by atoms with E-state index in [1.165, 1.54) is 38.5 Å². The molecule has 1 aliphatic heterocycles. The number of unbranched alkanes of at least 4 members (excludes halogenated alkanes) is 9. The summed E-state index contributed by atoms with van der Waals surface area (Å²) in [6.45, 7) is 2.18. The SMILES string of the molecule is CCCCCCCCCCCC[C@@H]1OC(C(=O)[O-])=C[C@@H](O)C1OS(=O)(=O)[O-]. The van der Waals surface area contributed by atoms with Crippen LogP contribution in [0, 0.1) is 0 Å². The van der Waals surface area contributed by atoms with E-state index in [0.29, 0.717) is 6.42 Å². The highest BCUT2D eigenvalue weighted by atomic mass is 32.3. The molecule has 0 aromatic heterocycles. The van der Waals surface area contributed by atoms with Gasteiger partial charge >= 0.3 is 0 Å². The maximum absolute atomic E-state index is 10.9. The summed E-state index contributed by atoms with van der Waals surface area (Å²) in [5, 5.41) is 20.9. The fraction of sp³-hybridized carbons (Fsp3) is 0.833. The quantitative estimate of drug-likeness (QED) is 0.261. The monoisotopic (exact) mass is 406 g/mol. The van der Waals surface area contributed by atoms with Crippen LogP contribution < -0.4 is 5.11 Å². The molecule has 1 rings (SSSR count). The van der Waals surface area contributed by atoms with Crippen molar-refractivity contribution in [2.24, 2.45) is 0 Å². The first kappa shape index (κ1) is 23.9. The Morgan fingerprint density at radius 3 is 2.11 bits per heavy atom. The molecule has 0 fully saturated rings. The molecule has 3 atom stereocenters. The van der Waals surface area contributed by atoms with Gasteiger partial charge in [-0.2, -0.15) is 0 Å². The maximum atomic E-state index is 10.9. The molecule has 0 aromatic rings. The zero-order valence-corrected chi connectivity index (χ0v) is 16.6. The van der Waals surface area contributed by atoms with E-state index in [4.69, 9.17) is 4.74 Å². The number of aliphatic hydroxyl groups excluding tert-OH is 1. The molecule has 0 aliphatic carbocycles. The molecule has 1 heterocycles. The van der Waals surface area contributed by atoms with Gasteiger partial charge < -0.3 is 24.3 Å². The van der Waals surface area contributed by atoms with Crippen molar-refractivity contribution in [1.82, 2.24) is 0 Å². The Kier molecular flexibility index (Phi) is 10.9. The van der Waals surface area contributed by atoms with Gasteiger partial charge in [0.15, 0.2) is 0 Å². The van der Waals surface area contributed by atoms with Crippen LogP contribution in [-0.4, -0.2) is 42.4 Å². The summed E-state index contributed by atoms with van der Waals surface area (Å²) in [7, 11) is -5.06. The molecular formula is C18H30O8S-2. The predicted octanol–water partition coefficient (Wildman–Crippen LogP) is 1.54. The van der Waals surface area contributed by atoms with Gasteiger partial charge in [0, 0.05) is 0 Å². The van der Waals surface area contributed by atoms with E-state index in [1.54, 1.807) is 0 Å². The van der Waals surface area contributed by atoms with Gasteiger partial charge in [0.25, 0.3) is 0 Å². The van der Waals surface area contributed by atoms with Crippen molar-refractivity contribution in [1.29, 1.82) is 0 Å². The summed E-state index contributed by atoms with van der Waals surface area (Å²) in [5.41, 5.74) is 0. The minimum atomic E-state index is -5.06. The lowest BCUT2D eigenvalue weighted by molar-refractivity contribution is -0.305. The Morgan fingerprint density at radius 1 is 1.11 bits per heavy atom. The number of carboxylic acids is 1. The number of carbonyl (C=O) groups is 1. The van der Waals surface area contributed by atoms with Gasteiger partial charge in [0.05, 0.1) is 0 Å². The van der Waals surface area contributed by atoms with Crippen molar-refractivity contribution < 1.29 is 36.9 Å². The first-order valence-electron chi connectivity index (χ1n) is 9.66. The molecule has 0 radical (unpaired) electrons. The summed E-state index contributed by atoms with van der Waals surface area (Å²) in [6.07, 6.45) is 7.94. The molecule has 0 bridgehead atoms. The van der Waals surface area contributed by atoms with Crippen molar-refractivity contribution in [3.8, 4) is 0 Å². The van der Waals surface area contributed by atoms with E-state index < -0.39 is 40.4 Å². The van der Waals surface area contributed by atoms with Crippen molar-refractivity contribution in [3.05, 3.63) is 11.8 Å². The van der Waals surface area contributed by atoms with E-state index in [1.807, 2.05) is 0 Å². The molecule has 0 saturated heterocycles. The first-order valence-corrected chi connectivity index (χ1v) is 11.0. The number of rotatable bonds is 14. The van der Waals surface area contributed by atoms with Crippen LogP contribution in [-0.2, 0) is 24.1 Å². The third kappa shape index (κ3) is 10.1. The zero-order chi connectivity index (χ0) is 20.3. The summed E-state index contributed by atoms with van der Waals surface area (Å²) in [6, 6.07) is 0. The second-order valence-electron chi connectivity index (χ2n) is 6.91. The normalized spacial score (nSPS) is 22.9.